The van der Waals surface area contributed by atoms with E-state index in [1.807, 2.05) is 13.8 Å². The van der Waals surface area contributed by atoms with Crippen molar-refractivity contribution in [1.82, 2.24) is 9.62 Å². The Morgan fingerprint density at radius 1 is 1.59 bits per heavy atom. The summed E-state index contributed by atoms with van der Waals surface area (Å²) in [7, 11) is -3.37. The highest BCUT2D eigenvalue weighted by atomic mass is 35.5. The molecule has 1 atom stereocenters. The summed E-state index contributed by atoms with van der Waals surface area (Å²) in [6.07, 6.45) is 0. The fourth-order valence-electron chi connectivity index (χ4n) is 1.80. The number of hydrogen-bond donors (Lipinski definition) is 1. The molecule has 1 aliphatic heterocycles. The minimum Gasteiger partial charge on any atom is -0.312 e. The number of hydrogen-bond acceptors (Lipinski definition) is 4. The van der Waals surface area contributed by atoms with Gasteiger partial charge in [-0.05, 0) is 25.5 Å². The first-order chi connectivity index (χ1) is 7.91. The maximum Gasteiger partial charge on any atom is 0.252 e. The SMILES string of the molecule is Cc1cc(S(=O)(=O)N2CCN[C@@H](C)C2)sc1Cl. The molecule has 0 spiro atoms. The highest BCUT2D eigenvalue weighted by Gasteiger charge is 2.30. The smallest absolute Gasteiger partial charge is 0.252 e. The molecule has 1 aliphatic rings. The standard InChI is InChI=1S/C10H15ClN2O2S2/c1-7-5-9(16-10(7)11)17(14,15)13-4-3-12-8(2)6-13/h5,8,12H,3-4,6H2,1-2H3/t8-/m0/s1. The van der Waals surface area contributed by atoms with Gasteiger partial charge in [0.05, 0.1) is 4.34 Å². The number of sulfonamides is 1. The molecule has 17 heavy (non-hydrogen) atoms. The number of halogens is 1. The van der Waals surface area contributed by atoms with Gasteiger partial charge in [0.2, 0.25) is 0 Å². The summed E-state index contributed by atoms with van der Waals surface area (Å²) in [6, 6.07) is 1.84. The number of piperazine rings is 1. The van der Waals surface area contributed by atoms with Crippen molar-refractivity contribution in [3.63, 3.8) is 0 Å². The van der Waals surface area contributed by atoms with E-state index in [0.29, 0.717) is 28.2 Å². The van der Waals surface area contributed by atoms with Gasteiger partial charge in [-0.3, -0.25) is 0 Å². The van der Waals surface area contributed by atoms with Crippen molar-refractivity contribution in [2.75, 3.05) is 19.6 Å². The molecular formula is C10H15ClN2O2S2. The molecule has 96 valence electrons. The number of aryl methyl sites for hydroxylation is 1. The van der Waals surface area contributed by atoms with Gasteiger partial charge in [0.25, 0.3) is 10.0 Å². The van der Waals surface area contributed by atoms with Crippen molar-refractivity contribution >= 4 is 33.0 Å². The van der Waals surface area contributed by atoms with Crippen LogP contribution in [0.1, 0.15) is 12.5 Å². The van der Waals surface area contributed by atoms with Crippen molar-refractivity contribution in [2.45, 2.75) is 24.1 Å². The molecule has 0 aliphatic carbocycles. The third kappa shape index (κ3) is 2.66. The average Bonchev–Trinajstić information content (AvgIpc) is 2.60. The lowest BCUT2D eigenvalue weighted by atomic mass is 10.3. The van der Waals surface area contributed by atoms with Crippen LogP contribution in [-0.4, -0.2) is 38.4 Å². The highest BCUT2D eigenvalue weighted by Crippen LogP contribution is 2.32. The van der Waals surface area contributed by atoms with Gasteiger partial charge in [-0.15, -0.1) is 11.3 Å². The summed E-state index contributed by atoms with van der Waals surface area (Å²) in [4.78, 5) is 0. The van der Waals surface area contributed by atoms with E-state index in [4.69, 9.17) is 11.6 Å². The van der Waals surface area contributed by atoms with E-state index in [0.717, 1.165) is 16.9 Å². The molecule has 7 heteroatoms. The van der Waals surface area contributed by atoms with E-state index in [1.54, 1.807) is 6.07 Å². The van der Waals surface area contributed by atoms with E-state index in [1.165, 1.54) is 4.31 Å². The normalized spacial score (nSPS) is 22.9. The third-order valence-corrected chi connectivity index (χ3v) is 6.63. The zero-order chi connectivity index (χ0) is 12.6. The minimum absolute atomic E-state index is 0.190. The molecule has 2 heterocycles. The molecule has 4 nitrogen and oxygen atoms in total. The topological polar surface area (TPSA) is 49.4 Å². The van der Waals surface area contributed by atoms with Crippen LogP contribution in [0, 0.1) is 6.92 Å². The monoisotopic (exact) mass is 294 g/mol. The van der Waals surface area contributed by atoms with E-state index >= 15 is 0 Å². The second-order valence-electron chi connectivity index (χ2n) is 4.24. The lowest BCUT2D eigenvalue weighted by Crippen LogP contribution is -2.51. The Hall–Kier alpha value is -0.140. The summed E-state index contributed by atoms with van der Waals surface area (Å²) < 4.78 is 27.1. The van der Waals surface area contributed by atoms with Crippen LogP contribution in [0.15, 0.2) is 10.3 Å². The van der Waals surface area contributed by atoms with Crippen LogP contribution in [-0.2, 0) is 10.0 Å². The van der Waals surface area contributed by atoms with Crippen molar-refractivity contribution in [3.8, 4) is 0 Å². The van der Waals surface area contributed by atoms with Gasteiger partial charge in [0, 0.05) is 25.7 Å². The van der Waals surface area contributed by atoms with Crippen LogP contribution < -0.4 is 5.32 Å². The fourth-order valence-corrected chi connectivity index (χ4v) is 5.19. The molecule has 0 saturated carbocycles. The molecule has 1 N–H and O–H groups in total. The lowest BCUT2D eigenvalue weighted by Gasteiger charge is -2.30. The van der Waals surface area contributed by atoms with Gasteiger partial charge in [-0.2, -0.15) is 4.31 Å². The van der Waals surface area contributed by atoms with Crippen LogP contribution in [0.4, 0.5) is 0 Å². The van der Waals surface area contributed by atoms with Crippen molar-refractivity contribution in [2.24, 2.45) is 0 Å². The number of thiophene rings is 1. The lowest BCUT2D eigenvalue weighted by molar-refractivity contribution is 0.311. The first-order valence-electron chi connectivity index (χ1n) is 5.40. The molecule has 0 radical (unpaired) electrons. The summed E-state index contributed by atoms with van der Waals surface area (Å²) in [6.45, 7) is 5.52. The van der Waals surface area contributed by atoms with Crippen LogP contribution >= 0.6 is 22.9 Å². The van der Waals surface area contributed by atoms with E-state index < -0.39 is 10.0 Å². The van der Waals surface area contributed by atoms with Crippen molar-refractivity contribution in [1.29, 1.82) is 0 Å². The first kappa shape index (κ1) is 13.3. The largest absolute Gasteiger partial charge is 0.312 e. The molecule has 1 fully saturated rings. The molecule has 0 aromatic carbocycles. The van der Waals surface area contributed by atoms with Gasteiger partial charge in [-0.25, -0.2) is 8.42 Å². The Morgan fingerprint density at radius 3 is 2.82 bits per heavy atom. The Labute approximate surface area is 111 Å². The maximum absolute atomic E-state index is 12.3. The van der Waals surface area contributed by atoms with Crippen LogP contribution in [0.5, 0.6) is 0 Å². The van der Waals surface area contributed by atoms with Gasteiger partial charge in [0.1, 0.15) is 4.21 Å². The molecule has 2 rings (SSSR count). The summed E-state index contributed by atoms with van der Waals surface area (Å²) >= 11 is 7.06. The first-order valence-corrected chi connectivity index (χ1v) is 8.04. The molecule has 1 aromatic heterocycles. The average molecular weight is 295 g/mol. The molecule has 0 amide bonds. The molecule has 1 saturated heterocycles. The molecule has 0 bridgehead atoms. The molecule has 1 aromatic rings. The molecular weight excluding hydrogens is 280 g/mol. The van der Waals surface area contributed by atoms with Crippen molar-refractivity contribution in [3.05, 3.63) is 16.0 Å². The summed E-state index contributed by atoms with van der Waals surface area (Å²) in [5.74, 6) is 0. The molecule has 0 unspecified atom stereocenters. The number of rotatable bonds is 2. The third-order valence-electron chi connectivity index (χ3n) is 2.76. The van der Waals surface area contributed by atoms with Gasteiger partial charge < -0.3 is 5.32 Å². The van der Waals surface area contributed by atoms with Crippen LogP contribution in [0.25, 0.3) is 0 Å². The zero-order valence-corrected chi connectivity index (χ0v) is 12.1. The Morgan fingerprint density at radius 2 is 2.29 bits per heavy atom. The second kappa shape index (κ2) is 4.85. The van der Waals surface area contributed by atoms with E-state index in [2.05, 4.69) is 5.32 Å². The van der Waals surface area contributed by atoms with E-state index in [-0.39, 0.29) is 6.04 Å². The van der Waals surface area contributed by atoms with Crippen molar-refractivity contribution < 1.29 is 8.42 Å². The van der Waals surface area contributed by atoms with Crippen LogP contribution in [0.2, 0.25) is 4.34 Å². The number of nitrogens with one attached hydrogen (secondary N) is 1. The Bertz CT molecular complexity index is 493. The predicted octanol–water partition coefficient (Wildman–Crippen LogP) is 1.69. The summed E-state index contributed by atoms with van der Waals surface area (Å²) in [5, 5.41) is 3.22. The minimum atomic E-state index is -3.37. The highest BCUT2D eigenvalue weighted by molar-refractivity contribution is 7.91. The van der Waals surface area contributed by atoms with Gasteiger partial charge in [-0.1, -0.05) is 11.6 Å². The quantitative estimate of drug-likeness (QED) is 0.903. The predicted molar refractivity (Wildman–Crippen MR) is 70.3 cm³/mol. The van der Waals surface area contributed by atoms with Gasteiger partial charge >= 0.3 is 0 Å². The summed E-state index contributed by atoms with van der Waals surface area (Å²) in [5.41, 5.74) is 0.818. The fraction of sp³-hybridized carbons (Fsp3) is 0.600. The van der Waals surface area contributed by atoms with E-state index in [9.17, 15) is 8.42 Å². The second-order valence-corrected chi connectivity index (χ2v) is 8.06. The zero-order valence-electron chi connectivity index (χ0n) is 9.73. The maximum atomic E-state index is 12.3. The number of nitrogens with zero attached hydrogens (tertiary/aromatic N) is 1. The Balaban J connectivity index is 2.29. The van der Waals surface area contributed by atoms with Gasteiger partial charge in [0.15, 0.2) is 0 Å². The van der Waals surface area contributed by atoms with Crippen LogP contribution in [0.3, 0.4) is 0 Å². The Kier molecular flexibility index (Phi) is 3.80.